The Hall–Kier alpha value is -2.33. The molecule has 2 N–H and O–H groups in total. The average molecular weight is 331 g/mol. The number of anilines is 1. The van der Waals surface area contributed by atoms with Crippen LogP contribution < -0.4 is 10.6 Å². The van der Waals surface area contributed by atoms with E-state index in [2.05, 4.69) is 10.6 Å². The maximum atomic E-state index is 11.9. The van der Waals surface area contributed by atoms with Gasteiger partial charge in [0.05, 0.1) is 13.0 Å². The summed E-state index contributed by atoms with van der Waals surface area (Å²) in [5.41, 5.74) is 3.62. The van der Waals surface area contributed by atoms with E-state index in [4.69, 9.17) is 11.6 Å². The number of amides is 2. The molecule has 4 nitrogen and oxygen atoms in total. The maximum Gasteiger partial charge on any atom is 0.243 e. The zero-order chi connectivity index (χ0) is 16.8. The molecule has 0 aliphatic heterocycles. The third kappa shape index (κ3) is 5.42. The van der Waals surface area contributed by atoms with Gasteiger partial charge in [0.15, 0.2) is 0 Å². The van der Waals surface area contributed by atoms with Crippen LogP contribution in [-0.2, 0) is 16.0 Å². The summed E-state index contributed by atoms with van der Waals surface area (Å²) in [6.45, 7) is 3.80. The van der Waals surface area contributed by atoms with E-state index in [9.17, 15) is 9.59 Å². The van der Waals surface area contributed by atoms with Crippen LogP contribution in [0.15, 0.2) is 42.5 Å². The molecule has 120 valence electrons. The van der Waals surface area contributed by atoms with Crippen molar-refractivity contribution in [2.24, 2.45) is 0 Å². The van der Waals surface area contributed by atoms with Crippen molar-refractivity contribution in [2.45, 2.75) is 20.3 Å². The van der Waals surface area contributed by atoms with Gasteiger partial charge in [0.25, 0.3) is 0 Å². The third-order valence-corrected chi connectivity index (χ3v) is 3.64. The molecule has 5 heteroatoms. The molecule has 2 aromatic carbocycles. The molecule has 2 rings (SSSR count). The number of carbonyl (C=O) groups is 2. The summed E-state index contributed by atoms with van der Waals surface area (Å²) in [7, 11) is 0. The van der Waals surface area contributed by atoms with Gasteiger partial charge in [-0.1, -0.05) is 47.5 Å². The van der Waals surface area contributed by atoms with E-state index < -0.39 is 0 Å². The molecule has 0 saturated carbocycles. The van der Waals surface area contributed by atoms with E-state index in [1.807, 2.05) is 44.2 Å². The Morgan fingerprint density at radius 2 is 1.70 bits per heavy atom. The van der Waals surface area contributed by atoms with E-state index >= 15 is 0 Å². The quantitative estimate of drug-likeness (QED) is 0.884. The fourth-order valence-corrected chi connectivity index (χ4v) is 2.23. The topological polar surface area (TPSA) is 58.2 Å². The summed E-state index contributed by atoms with van der Waals surface area (Å²) in [5, 5.41) is 5.91. The van der Waals surface area contributed by atoms with Crippen LogP contribution in [0, 0.1) is 13.8 Å². The number of halogens is 1. The first-order valence-electron chi connectivity index (χ1n) is 7.32. The van der Waals surface area contributed by atoms with E-state index in [1.165, 1.54) is 0 Å². The predicted octanol–water partition coefficient (Wildman–Crippen LogP) is 3.25. The van der Waals surface area contributed by atoms with Crippen molar-refractivity contribution in [1.82, 2.24) is 5.32 Å². The van der Waals surface area contributed by atoms with Crippen LogP contribution >= 0.6 is 11.6 Å². The fraction of sp³-hybridized carbons (Fsp3) is 0.222. The van der Waals surface area contributed by atoms with Crippen LogP contribution in [0.25, 0.3) is 0 Å². The highest BCUT2D eigenvalue weighted by molar-refractivity contribution is 6.31. The monoisotopic (exact) mass is 330 g/mol. The number of benzene rings is 2. The Kier molecular flexibility index (Phi) is 5.77. The van der Waals surface area contributed by atoms with Crippen LogP contribution in [0.3, 0.4) is 0 Å². The van der Waals surface area contributed by atoms with Crippen molar-refractivity contribution >= 4 is 29.1 Å². The summed E-state index contributed by atoms with van der Waals surface area (Å²) in [5.74, 6) is -0.473. The summed E-state index contributed by atoms with van der Waals surface area (Å²) in [6.07, 6.45) is 0.254. The van der Waals surface area contributed by atoms with E-state index in [1.54, 1.807) is 12.1 Å². The molecule has 2 amide bonds. The van der Waals surface area contributed by atoms with Crippen LogP contribution in [0.2, 0.25) is 5.02 Å². The molecule has 0 fully saturated rings. The average Bonchev–Trinajstić information content (AvgIpc) is 2.51. The molecule has 0 atom stereocenters. The summed E-state index contributed by atoms with van der Waals surface area (Å²) in [4.78, 5) is 23.8. The number of hydrogen-bond acceptors (Lipinski definition) is 2. The molecule has 0 saturated heterocycles. The van der Waals surface area contributed by atoms with Crippen molar-refractivity contribution in [3.05, 3.63) is 64.2 Å². The summed E-state index contributed by atoms with van der Waals surface area (Å²) < 4.78 is 0. The highest BCUT2D eigenvalue weighted by Gasteiger charge is 2.08. The smallest absolute Gasteiger partial charge is 0.243 e. The van der Waals surface area contributed by atoms with Crippen LogP contribution in [0.1, 0.15) is 16.7 Å². The Labute approximate surface area is 140 Å². The molecule has 2 aromatic rings. The van der Waals surface area contributed by atoms with E-state index in [0.717, 1.165) is 16.7 Å². The first-order valence-corrected chi connectivity index (χ1v) is 7.70. The Morgan fingerprint density at radius 1 is 1.00 bits per heavy atom. The van der Waals surface area contributed by atoms with Crippen molar-refractivity contribution < 1.29 is 9.59 Å². The lowest BCUT2D eigenvalue weighted by Gasteiger charge is -2.10. The number of carbonyl (C=O) groups excluding carboxylic acids is 2. The molecule has 0 heterocycles. The second-order valence-electron chi connectivity index (χ2n) is 5.45. The van der Waals surface area contributed by atoms with Crippen molar-refractivity contribution in [2.75, 3.05) is 11.9 Å². The number of nitrogens with one attached hydrogen (secondary N) is 2. The Balaban J connectivity index is 1.83. The van der Waals surface area contributed by atoms with Gasteiger partial charge in [-0.2, -0.15) is 0 Å². The maximum absolute atomic E-state index is 11.9. The largest absolute Gasteiger partial charge is 0.347 e. The Bertz CT molecular complexity index is 711. The van der Waals surface area contributed by atoms with Gasteiger partial charge in [-0.25, -0.2) is 0 Å². The normalized spacial score (nSPS) is 10.2. The lowest BCUT2D eigenvalue weighted by molar-refractivity contribution is -0.123. The van der Waals surface area contributed by atoms with Gasteiger partial charge in [0.2, 0.25) is 11.8 Å². The SMILES string of the molecule is Cc1ccc(CC(=O)NCC(=O)Nc2cc(Cl)ccc2C)cc1. The number of rotatable bonds is 5. The molecule has 0 aromatic heterocycles. The molecular formula is C18H19ClN2O2. The van der Waals surface area contributed by atoms with Gasteiger partial charge in [-0.3, -0.25) is 9.59 Å². The highest BCUT2D eigenvalue weighted by Crippen LogP contribution is 2.19. The molecule has 23 heavy (non-hydrogen) atoms. The van der Waals surface area contributed by atoms with Crippen LogP contribution in [0.4, 0.5) is 5.69 Å². The van der Waals surface area contributed by atoms with Gasteiger partial charge >= 0.3 is 0 Å². The van der Waals surface area contributed by atoms with Gasteiger partial charge < -0.3 is 10.6 Å². The molecular weight excluding hydrogens is 312 g/mol. The van der Waals surface area contributed by atoms with Gasteiger partial charge in [0.1, 0.15) is 0 Å². The molecule has 0 aliphatic rings. The van der Waals surface area contributed by atoms with Crippen molar-refractivity contribution in [3.63, 3.8) is 0 Å². The second kappa shape index (κ2) is 7.79. The first-order chi connectivity index (χ1) is 10.9. The molecule has 0 radical (unpaired) electrons. The van der Waals surface area contributed by atoms with Gasteiger partial charge in [-0.15, -0.1) is 0 Å². The van der Waals surface area contributed by atoms with E-state index in [-0.39, 0.29) is 24.8 Å². The second-order valence-corrected chi connectivity index (χ2v) is 5.88. The van der Waals surface area contributed by atoms with Crippen LogP contribution in [0.5, 0.6) is 0 Å². The Morgan fingerprint density at radius 3 is 2.39 bits per heavy atom. The zero-order valence-corrected chi connectivity index (χ0v) is 13.9. The van der Waals surface area contributed by atoms with Crippen LogP contribution in [-0.4, -0.2) is 18.4 Å². The van der Waals surface area contributed by atoms with Crippen molar-refractivity contribution in [3.8, 4) is 0 Å². The van der Waals surface area contributed by atoms with Gasteiger partial charge in [-0.05, 0) is 37.1 Å². The number of hydrogen-bond donors (Lipinski definition) is 2. The predicted molar refractivity (Wildman–Crippen MR) is 92.7 cm³/mol. The summed E-state index contributed by atoms with van der Waals surface area (Å²) >= 11 is 5.91. The molecule has 0 bridgehead atoms. The standard InChI is InChI=1S/C18H19ClN2O2/c1-12-3-6-14(7-4-12)9-17(22)20-11-18(23)21-16-10-15(19)8-5-13(16)2/h3-8,10H,9,11H2,1-2H3,(H,20,22)(H,21,23). The third-order valence-electron chi connectivity index (χ3n) is 3.41. The highest BCUT2D eigenvalue weighted by atomic mass is 35.5. The molecule has 0 spiro atoms. The molecule has 0 unspecified atom stereocenters. The number of aryl methyl sites for hydroxylation is 2. The van der Waals surface area contributed by atoms with Crippen molar-refractivity contribution in [1.29, 1.82) is 0 Å². The lowest BCUT2D eigenvalue weighted by Crippen LogP contribution is -2.33. The first kappa shape index (κ1) is 17.0. The fourth-order valence-electron chi connectivity index (χ4n) is 2.06. The van der Waals surface area contributed by atoms with Gasteiger partial charge in [0, 0.05) is 10.7 Å². The minimum Gasteiger partial charge on any atom is -0.347 e. The van der Waals surface area contributed by atoms with E-state index in [0.29, 0.717) is 10.7 Å². The zero-order valence-electron chi connectivity index (χ0n) is 13.2. The minimum absolute atomic E-state index is 0.0728. The lowest BCUT2D eigenvalue weighted by atomic mass is 10.1. The molecule has 0 aliphatic carbocycles. The minimum atomic E-state index is -0.285. The summed E-state index contributed by atoms with van der Waals surface area (Å²) in [6, 6.07) is 13.0.